The quantitative estimate of drug-likeness (QED) is 0.407. The van der Waals surface area contributed by atoms with Crippen molar-refractivity contribution in [3.05, 3.63) is 79.9 Å². The zero-order valence-corrected chi connectivity index (χ0v) is 23.6. The Labute approximate surface area is 209 Å². The van der Waals surface area contributed by atoms with Crippen molar-refractivity contribution in [2.75, 3.05) is 0 Å². The highest BCUT2D eigenvalue weighted by Gasteiger charge is 2.34. The van der Waals surface area contributed by atoms with E-state index in [1.165, 1.54) is 11.1 Å². The van der Waals surface area contributed by atoms with Crippen molar-refractivity contribution < 1.29 is 0 Å². The van der Waals surface area contributed by atoms with Crippen molar-refractivity contribution in [3.8, 4) is 0 Å². The van der Waals surface area contributed by atoms with Gasteiger partial charge in [-0.2, -0.15) is 0 Å². The third-order valence-electron chi connectivity index (χ3n) is 8.36. The third-order valence-corrected chi connectivity index (χ3v) is 8.36. The highest BCUT2D eigenvalue weighted by Crippen LogP contribution is 2.51. The highest BCUT2D eigenvalue weighted by atomic mass is 14.4. The topological polar surface area (TPSA) is 0 Å². The molecule has 2 aliphatic carbocycles. The van der Waals surface area contributed by atoms with E-state index in [9.17, 15) is 0 Å². The van der Waals surface area contributed by atoms with Crippen LogP contribution in [0.5, 0.6) is 0 Å². The molecule has 0 unspecified atom stereocenters. The summed E-state index contributed by atoms with van der Waals surface area (Å²) in [5, 5.41) is 0. The summed E-state index contributed by atoms with van der Waals surface area (Å²) in [6.07, 6.45) is 2.22. The molecule has 0 spiro atoms. The van der Waals surface area contributed by atoms with E-state index in [0.717, 1.165) is 12.8 Å². The molecule has 0 saturated carbocycles. The first kappa shape index (κ1) is 25.0. The van der Waals surface area contributed by atoms with Crippen LogP contribution in [0, 0.1) is 5.92 Å². The van der Waals surface area contributed by atoms with Crippen molar-refractivity contribution >= 4 is 11.1 Å². The highest BCUT2D eigenvalue weighted by molar-refractivity contribution is 5.92. The van der Waals surface area contributed by atoms with E-state index in [1.807, 2.05) is 0 Å². The van der Waals surface area contributed by atoms with Gasteiger partial charge in [0.15, 0.2) is 0 Å². The van der Waals surface area contributed by atoms with E-state index in [0.29, 0.717) is 29.6 Å². The molecule has 0 heteroatoms. The molecule has 2 aromatic carbocycles. The van der Waals surface area contributed by atoms with E-state index in [-0.39, 0.29) is 0 Å². The lowest BCUT2D eigenvalue weighted by atomic mass is 9.78. The number of allylic oxidation sites excluding steroid dienone is 4. The lowest BCUT2D eigenvalue weighted by molar-refractivity contribution is 0.822. The Bertz CT molecular complexity index is 1080. The minimum Gasteiger partial charge on any atom is -0.0645 e. The van der Waals surface area contributed by atoms with Gasteiger partial charge in [-0.15, -0.1) is 0 Å². The van der Waals surface area contributed by atoms with Gasteiger partial charge < -0.3 is 0 Å². The normalized spacial score (nSPS) is 15.8. The van der Waals surface area contributed by atoms with Gasteiger partial charge in [-0.1, -0.05) is 97.7 Å². The molecule has 0 bridgehead atoms. The Morgan fingerprint density at radius 3 is 1.15 bits per heavy atom. The van der Waals surface area contributed by atoms with Crippen molar-refractivity contribution in [1.29, 1.82) is 0 Å². The van der Waals surface area contributed by atoms with Crippen molar-refractivity contribution in [2.45, 2.75) is 113 Å². The molecule has 34 heavy (non-hydrogen) atoms. The van der Waals surface area contributed by atoms with E-state index in [4.69, 9.17) is 0 Å². The van der Waals surface area contributed by atoms with Crippen LogP contribution in [0.25, 0.3) is 11.1 Å². The molecule has 0 N–H and O–H groups in total. The molecule has 0 radical (unpaired) electrons. The number of benzene rings is 2. The van der Waals surface area contributed by atoms with Crippen molar-refractivity contribution in [3.63, 3.8) is 0 Å². The maximum atomic E-state index is 2.51. The standard InChI is InChI=1S/C34H46/c1-18(2)25-14-27-12-22(9)31(33(27)29(16-25)20(5)6)24(11)32-23(10)13-28-15-26(19(3)4)17-30(21(7)8)34(28)32/h14-21,24H,12-13H2,1-11H3. The van der Waals surface area contributed by atoms with E-state index in [1.54, 1.807) is 55.7 Å². The Kier molecular flexibility index (Phi) is 6.75. The maximum absolute atomic E-state index is 2.51. The summed E-state index contributed by atoms with van der Waals surface area (Å²) in [6, 6.07) is 10.0. The average molecular weight is 455 g/mol. The molecule has 4 rings (SSSR count). The molecule has 0 heterocycles. The number of fused-ring (bicyclic) bond motifs is 2. The summed E-state index contributed by atoms with van der Waals surface area (Å²) >= 11 is 0. The Balaban J connectivity index is 1.88. The zero-order chi connectivity index (χ0) is 25.1. The molecule has 0 amide bonds. The van der Waals surface area contributed by atoms with Gasteiger partial charge in [0.05, 0.1) is 0 Å². The molecular formula is C34H46. The second-order valence-electron chi connectivity index (χ2n) is 12.4. The first-order valence-corrected chi connectivity index (χ1v) is 13.7. The van der Waals surface area contributed by atoms with Crippen molar-refractivity contribution in [1.82, 2.24) is 0 Å². The molecular weight excluding hydrogens is 408 g/mol. The van der Waals surface area contributed by atoms with E-state index < -0.39 is 0 Å². The minimum absolute atomic E-state index is 0.423. The summed E-state index contributed by atoms with van der Waals surface area (Å²) < 4.78 is 0. The SMILES string of the molecule is CC1=C(C(C)C2=C(C)Cc3cc(C(C)C)cc(C(C)C)c32)c2c(cc(C(C)C)cc2C(C)C)C1. The van der Waals surface area contributed by atoms with Crippen LogP contribution in [0.1, 0.15) is 144 Å². The summed E-state index contributed by atoms with van der Waals surface area (Å²) in [4.78, 5) is 0. The molecule has 0 saturated heterocycles. The lowest BCUT2D eigenvalue weighted by Gasteiger charge is -2.26. The average Bonchev–Trinajstić information content (AvgIpc) is 3.26. The van der Waals surface area contributed by atoms with E-state index in [2.05, 4.69) is 100 Å². The lowest BCUT2D eigenvalue weighted by Crippen LogP contribution is -2.09. The van der Waals surface area contributed by atoms with Crippen LogP contribution >= 0.6 is 0 Å². The first-order valence-electron chi connectivity index (χ1n) is 13.7. The van der Waals surface area contributed by atoms with Crippen LogP contribution < -0.4 is 0 Å². The number of hydrogen-bond donors (Lipinski definition) is 0. The Morgan fingerprint density at radius 2 is 0.853 bits per heavy atom. The van der Waals surface area contributed by atoms with Crippen LogP contribution in [0.4, 0.5) is 0 Å². The monoisotopic (exact) mass is 454 g/mol. The molecule has 0 fully saturated rings. The zero-order valence-electron chi connectivity index (χ0n) is 23.6. The van der Waals surface area contributed by atoms with Crippen LogP contribution in [0.15, 0.2) is 35.4 Å². The largest absolute Gasteiger partial charge is 0.0645 e. The predicted octanol–water partition coefficient (Wildman–Crippen LogP) is 10.2. The summed E-state index contributed by atoms with van der Waals surface area (Å²) in [5.74, 6) is 2.63. The van der Waals surface area contributed by atoms with Crippen molar-refractivity contribution in [2.24, 2.45) is 5.92 Å². The number of rotatable bonds is 6. The fraction of sp³-hybridized carbons (Fsp3) is 0.529. The van der Waals surface area contributed by atoms with Crippen LogP contribution in [-0.4, -0.2) is 0 Å². The Morgan fingerprint density at radius 1 is 0.500 bits per heavy atom. The molecule has 0 aliphatic heterocycles. The Hall–Kier alpha value is -2.08. The second kappa shape index (κ2) is 9.18. The fourth-order valence-electron chi connectivity index (χ4n) is 6.52. The molecule has 0 nitrogen and oxygen atoms in total. The van der Waals surface area contributed by atoms with Gasteiger partial charge in [-0.05, 0) is 106 Å². The summed E-state index contributed by atoms with van der Waals surface area (Å²) in [6.45, 7) is 26.1. The molecule has 0 atom stereocenters. The molecule has 2 aliphatic rings. The van der Waals surface area contributed by atoms with Crippen LogP contribution in [0.2, 0.25) is 0 Å². The molecule has 182 valence electrons. The molecule has 0 aromatic heterocycles. The molecule has 2 aromatic rings. The second-order valence-corrected chi connectivity index (χ2v) is 12.4. The maximum Gasteiger partial charge on any atom is 0.00724 e. The first-order chi connectivity index (χ1) is 15.9. The summed E-state index contributed by atoms with van der Waals surface area (Å²) in [7, 11) is 0. The van der Waals surface area contributed by atoms with Crippen LogP contribution in [0.3, 0.4) is 0 Å². The summed E-state index contributed by atoms with van der Waals surface area (Å²) in [5.41, 5.74) is 18.7. The van der Waals surface area contributed by atoms with Gasteiger partial charge in [0.2, 0.25) is 0 Å². The number of hydrogen-bond acceptors (Lipinski definition) is 0. The van der Waals surface area contributed by atoms with Crippen LogP contribution in [-0.2, 0) is 12.8 Å². The van der Waals surface area contributed by atoms with E-state index >= 15 is 0 Å². The van der Waals surface area contributed by atoms with Gasteiger partial charge >= 0.3 is 0 Å². The predicted molar refractivity (Wildman–Crippen MR) is 151 cm³/mol. The van der Waals surface area contributed by atoms with Gasteiger partial charge in [-0.25, -0.2) is 0 Å². The van der Waals surface area contributed by atoms with Gasteiger partial charge in [0, 0.05) is 5.92 Å². The van der Waals surface area contributed by atoms with Gasteiger partial charge in [0.1, 0.15) is 0 Å². The smallest absolute Gasteiger partial charge is 0.00724 e. The van der Waals surface area contributed by atoms with Gasteiger partial charge in [0.25, 0.3) is 0 Å². The fourth-order valence-corrected chi connectivity index (χ4v) is 6.52. The van der Waals surface area contributed by atoms with Gasteiger partial charge in [-0.3, -0.25) is 0 Å². The third kappa shape index (κ3) is 4.12. The minimum atomic E-state index is 0.423.